The van der Waals surface area contributed by atoms with Crippen LogP contribution in [-0.2, 0) is 4.79 Å². The van der Waals surface area contributed by atoms with Crippen LogP contribution in [0.15, 0.2) is 16.5 Å². The van der Waals surface area contributed by atoms with Gasteiger partial charge in [0.1, 0.15) is 16.6 Å². The molecule has 0 radical (unpaired) electrons. The van der Waals surface area contributed by atoms with E-state index >= 15 is 0 Å². The molecule has 0 aliphatic heterocycles. The number of carboxylic acids is 1. The number of nitrogens with zero attached hydrogens (tertiary/aromatic N) is 1. The van der Waals surface area contributed by atoms with Crippen molar-refractivity contribution in [2.24, 2.45) is 5.92 Å². The van der Waals surface area contributed by atoms with Crippen molar-refractivity contribution >= 4 is 11.9 Å². The van der Waals surface area contributed by atoms with Crippen molar-refractivity contribution < 1.29 is 19.2 Å². The lowest BCUT2D eigenvalue weighted by Gasteiger charge is -2.12. The van der Waals surface area contributed by atoms with E-state index in [9.17, 15) is 14.9 Å². The molecule has 1 N–H and O–H groups in total. The maximum absolute atomic E-state index is 10.9. The number of rotatable bonds is 4. The predicted molar refractivity (Wildman–Crippen MR) is 50.6 cm³/mol. The molecule has 15 heavy (non-hydrogen) atoms. The number of hydrogen-bond acceptors (Lipinski definition) is 4. The summed E-state index contributed by atoms with van der Waals surface area (Å²) >= 11 is 0. The summed E-state index contributed by atoms with van der Waals surface area (Å²) in [5.41, 5.74) is 0. The number of aliphatic carboxylic acids is 1. The van der Waals surface area contributed by atoms with Gasteiger partial charge in [0, 0.05) is 0 Å². The third-order valence-electron chi connectivity index (χ3n) is 2.03. The monoisotopic (exact) mass is 213 g/mol. The van der Waals surface area contributed by atoms with E-state index in [1.165, 1.54) is 6.07 Å². The summed E-state index contributed by atoms with van der Waals surface area (Å²) in [5.74, 6) is -2.40. The quantitative estimate of drug-likeness (QED) is 0.609. The zero-order chi connectivity index (χ0) is 11.6. The molecule has 82 valence electrons. The summed E-state index contributed by atoms with van der Waals surface area (Å²) in [5, 5.41) is 19.3. The van der Waals surface area contributed by atoms with Gasteiger partial charge in [-0.15, -0.1) is 0 Å². The summed E-state index contributed by atoms with van der Waals surface area (Å²) in [6.45, 7) is 3.43. The Balaban J connectivity index is 3.02. The lowest BCUT2D eigenvalue weighted by atomic mass is 9.94. The standard InChI is InChI=1S/C9H11NO5/c1-5(2)8(9(11)12)6-3-4-7(15-6)10(13)14/h3-5,8H,1-2H3,(H,11,12). The van der Waals surface area contributed by atoms with Gasteiger partial charge in [-0.05, 0) is 12.0 Å². The van der Waals surface area contributed by atoms with Gasteiger partial charge in [-0.25, -0.2) is 0 Å². The van der Waals surface area contributed by atoms with E-state index in [2.05, 4.69) is 0 Å². The molecule has 1 aromatic heterocycles. The van der Waals surface area contributed by atoms with Crippen LogP contribution in [0.2, 0.25) is 0 Å². The van der Waals surface area contributed by atoms with E-state index in [1.54, 1.807) is 13.8 Å². The normalized spacial score (nSPS) is 12.7. The summed E-state index contributed by atoms with van der Waals surface area (Å²) < 4.78 is 4.85. The van der Waals surface area contributed by atoms with Gasteiger partial charge in [0.05, 0.1) is 6.07 Å². The van der Waals surface area contributed by atoms with Crippen LogP contribution < -0.4 is 0 Å². The Bertz CT molecular complexity index is 382. The second-order valence-electron chi connectivity index (χ2n) is 3.49. The molecule has 1 aromatic rings. The minimum atomic E-state index is -1.05. The van der Waals surface area contributed by atoms with Crippen molar-refractivity contribution in [3.8, 4) is 0 Å². The maximum Gasteiger partial charge on any atom is 0.433 e. The molecular weight excluding hydrogens is 202 g/mol. The van der Waals surface area contributed by atoms with E-state index in [1.807, 2.05) is 0 Å². The van der Waals surface area contributed by atoms with Gasteiger partial charge in [-0.2, -0.15) is 0 Å². The lowest BCUT2D eigenvalue weighted by Crippen LogP contribution is -2.16. The Morgan fingerprint density at radius 3 is 2.47 bits per heavy atom. The van der Waals surface area contributed by atoms with Crippen molar-refractivity contribution in [1.29, 1.82) is 0 Å². The van der Waals surface area contributed by atoms with Crippen molar-refractivity contribution in [2.75, 3.05) is 0 Å². The fourth-order valence-corrected chi connectivity index (χ4v) is 1.34. The Labute approximate surface area is 85.7 Å². The molecule has 0 aromatic carbocycles. The molecule has 1 atom stereocenters. The topological polar surface area (TPSA) is 93.6 Å². The molecule has 0 aliphatic carbocycles. The average Bonchev–Trinajstić information content (AvgIpc) is 2.51. The third-order valence-corrected chi connectivity index (χ3v) is 2.03. The first-order valence-corrected chi connectivity index (χ1v) is 4.40. The molecule has 0 bridgehead atoms. The summed E-state index contributed by atoms with van der Waals surface area (Å²) in [6, 6.07) is 2.49. The minimum absolute atomic E-state index is 0.115. The van der Waals surface area contributed by atoms with Gasteiger partial charge in [-0.3, -0.25) is 14.9 Å². The molecule has 0 saturated carbocycles. The number of nitro groups is 1. The number of furan rings is 1. The smallest absolute Gasteiger partial charge is 0.433 e. The van der Waals surface area contributed by atoms with E-state index in [-0.39, 0.29) is 11.7 Å². The predicted octanol–water partition coefficient (Wildman–Crippen LogP) is 2.01. The van der Waals surface area contributed by atoms with Crippen LogP contribution >= 0.6 is 0 Å². The highest BCUT2D eigenvalue weighted by molar-refractivity contribution is 5.75. The summed E-state index contributed by atoms with van der Waals surface area (Å²) in [4.78, 5) is 20.5. The van der Waals surface area contributed by atoms with Crippen molar-refractivity contribution in [1.82, 2.24) is 0 Å². The van der Waals surface area contributed by atoms with Crippen LogP contribution in [0.5, 0.6) is 0 Å². The summed E-state index contributed by atoms with van der Waals surface area (Å²) in [7, 11) is 0. The van der Waals surface area contributed by atoms with Gasteiger partial charge in [-0.1, -0.05) is 13.8 Å². The molecule has 0 amide bonds. The van der Waals surface area contributed by atoms with Crippen LogP contribution in [0.25, 0.3) is 0 Å². The second kappa shape index (κ2) is 4.12. The SMILES string of the molecule is CC(C)C(C(=O)O)c1ccc([N+](=O)[O-])o1. The Morgan fingerprint density at radius 1 is 1.53 bits per heavy atom. The third kappa shape index (κ3) is 2.34. The van der Waals surface area contributed by atoms with Crippen LogP contribution in [-0.4, -0.2) is 16.0 Å². The molecule has 1 heterocycles. The highest BCUT2D eigenvalue weighted by atomic mass is 16.6. The van der Waals surface area contributed by atoms with Gasteiger partial charge in [0.25, 0.3) is 0 Å². The number of carboxylic acid groups (broad SMARTS) is 1. The van der Waals surface area contributed by atoms with Gasteiger partial charge in [0.2, 0.25) is 0 Å². The fraction of sp³-hybridized carbons (Fsp3) is 0.444. The average molecular weight is 213 g/mol. The molecule has 1 unspecified atom stereocenters. The Morgan fingerprint density at radius 2 is 2.13 bits per heavy atom. The molecule has 6 heteroatoms. The fourth-order valence-electron chi connectivity index (χ4n) is 1.34. The first-order chi connectivity index (χ1) is 6.93. The lowest BCUT2D eigenvalue weighted by molar-refractivity contribution is -0.402. The minimum Gasteiger partial charge on any atom is -0.481 e. The zero-order valence-corrected chi connectivity index (χ0v) is 8.34. The zero-order valence-electron chi connectivity index (χ0n) is 8.34. The van der Waals surface area contributed by atoms with Gasteiger partial charge >= 0.3 is 11.9 Å². The Kier molecular flexibility index (Phi) is 3.08. The largest absolute Gasteiger partial charge is 0.481 e. The van der Waals surface area contributed by atoms with Crippen molar-refractivity contribution in [3.63, 3.8) is 0 Å². The Hall–Kier alpha value is -1.85. The molecule has 0 spiro atoms. The molecule has 0 saturated heterocycles. The highest BCUT2D eigenvalue weighted by Crippen LogP contribution is 2.28. The summed E-state index contributed by atoms with van der Waals surface area (Å²) in [6.07, 6.45) is 0. The first-order valence-electron chi connectivity index (χ1n) is 4.40. The van der Waals surface area contributed by atoms with Crippen molar-refractivity contribution in [2.45, 2.75) is 19.8 Å². The van der Waals surface area contributed by atoms with Gasteiger partial charge < -0.3 is 9.52 Å². The van der Waals surface area contributed by atoms with Crippen molar-refractivity contribution in [3.05, 3.63) is 28.0 Å². The molecule has 6 nitrogen and oxygen atoms in total. The number of hydrogen-bond donors (Lipinski definition) is 1. The van der Waals surface area contributed by atoms with E-state index in [4.69, 9.17) is 9.52 Å². The highest BCUT2D eigenvalue weighted by Gasteiger charge is 2.28. The van der Waals surface area contributed by atoms with Crippen LogP contribution in [0.1, 0.15) is 25.5 Å². The second-order valence-corrected chi connectivity index (χ2v) is 3.49. The van der Waals surface area contributed by atoms with Crippen LogP contribution in [0.3, 0.4) is 0 Å². The van der Waals surface area contributed by atoms with Gasteiger partial charge in [0.15, 0.2) is 0 Å². The number of carbonyl (C=O) groups is 1. The molecular formula is C9H11NO5. The molecule has 1 rings (SSSR count). The molecule has 0 aliphatic rings. The van der Waals surface area contributed by atoms with E-state index in [0.717, 1.165) is 6.07 Å². The van der Waals surface area contributed by atoms with Crippen LogP contribution in [0, 0.1) is 16.0 Å². The van der Waals surface area contributed by atoms with E-state index in [0.29, 0.717) is 0 Å². The first kappa shape index (κ1) is 11.2. The molecule has 0 fully saturated rings. The van der Waals surface area contributed by atoms with Crippen LogP contribution in [0.4, 0.5) is 5.88 Å². The van der Waals surface area contributed by atoms with E-state index < -0.39 is 22.7 Å². The maximum atomic E-state index is 10.9.